The fraction of sp³-hybridized carbons (Fsp3) is 0.889. The third-order valence-corrected chi connectivity index (χ3v) is 3.07. The normalized spacial score (nSPS) is 14.7. The standard InChI is InChI=1S/C9H19NO4S/c1-3-14-9(12)6-15-8(4-11)7(10)5-13-2/h7-8,11H,3-6,10H2,1-2H3. The zero-order valence-corrected chi connectivity index (χ0v) is 9.96. The van der Waals surface area contributed by atoms with Gasteiger partial charge in [-0.05, 0) is 6.92 Å². The maximum atomic E-state index is 11.0. The molecule has 0 bridgehead atoms. The number of ether oxygens (including phenoxy) is 2. The molecule has 0 rings (SSSR count). The lowest BCUT2D eigenvalue weighted by Crippen LogP contribution is -2.39. The highest BCUT2D eigenvalue weighted by Gasteiger charge is 2.18. The zero-order valence-electron chi connectivity index (χ0n) is 9.14. The first kappa shape index (κ1) is 14.7. The van der Waals surface area contributed by atoms with Crippen LogP contribution in [0.25, 0.3) is 0 Å². The molecule has 0 spiro atoms. The van der Waals surface area contributed by atoms with E-state index in [0.29, 0.717) is 13.2 Å². The fourth-order valence-electron chi connectivity index (χ4n) is 0.989. The highest BCUT2D eigenvalue weighted by molar-refractivity contribution is 8.00. The van der Waals surface area contributed by atoms with E-state index in [-0.39, 0.29) is 29.6 Å². The van der Waals surface area contributed by atoms with Crippen LogP contribution in [0, 0.1) is 0 Å². The molecule has 0 aromatic carbocycles. The van der Waals surface area contributed by atoms with Crippen LogP contribution in [-0.2, 0) is 14.3 Å². The van der Waals surface area contributed by atoms with E-state index in [9.17, 15) is 4.79 Å². The first-order chi connectivity index (χ1) is 7.15. The van der Waals surface area contributed by atoms with Crippen molar-refractivity contribution < 1.29 is 19.4 Å². The van der Waals surface area contributed by atoms with E-state index < -0.39 is 0 Å². The lowest BCUT2D eigenvalue weighted by Gasteiger charge is -2.20. The number of aliphatic hydroxyl groups excluding tert-OH is 1. The van der Waals surface area contributed by atoms with Gasteiger partial charge in [0.2, 0.25) is 0 Å². The van der Waals surface area contributed by atoms with Crippen LogP contribution in [0.4, 0.5) is 0 Å². The molecule has 0 aliphatic heterocycles. The molecular formula is C9H19NO4S. The Balaban J connectivity index is 3.83. The van der Waals surface area contributed by atoms with Crippen molar-refractivity contribution in [2.75, 3.05) is 32.7 Å². The number of carbonyl (C=O) groups excluding carboxylic acids is 1. The number of carbonyl (C=O) groups is 1. The van der Waals surface area contributed by atoms with Crippen molar-refractivity contribution in [1.29, 1.82) is 0 Å². The predicted octanol–water partition coefficient (Wildman–Crippen LogP) is -0.383. The van der Waals surface area contributed by atoms with Crippen molar-refractivity contribution in [3.63, 3.8) is 0 Å². The molecule has 0 fully saturated rings. The van der Waals surface area contributed by atoms with E-state index in [4.69, 9.17) is 20.3 Å². The molecule has 2 unspecified atom stereocenters. The van der Waals surface area contributed by atoms with Gasteiger partial charge < -0.3 is 20.3 Å². The number of nitrogens with two attached hydrogens (primary N) is 1. The number of hydrogen-bond acceptors (Lipinski definition) is 6. The SMILES string of the molecule is CCOC(=O)CSC(CO)C(N)COC. The summed E-state index contributed by atoms with van der Waals surface area (Å²) < 4.78 is 9.64. The summed E-state index contributed by atoms with van der Waals surface area (Å²) in [5.74, 6) is -0.0817. The van der Waals surface area contributed by atoms with Crippen LogP contribution in [0.3, 0.4) is 0 Å². The van der Waals surface area contributed by atoms with Crippen LogP contribution in [0.2, 0.25) is 0 Å². The molecule has 0 saturated heterocycles. The second-order valence-electron chi connectivity index (χ2n) is 2.96. The Morgan fingerprint density at radius 3 is 2.73 bits per heavy atom. The molecular weight excluding hydrogens is 218 g/mol. The molecule has 2 atom stereocenters. The maximum Gasteiger partial charge on any atom is 0.315 e. The summed E-state index contributed by atoms with van der Waals surface area (Å²) in [6, 6.07) is -0.278. The first-order valence-electron chi connectivity index (χ1n) is 4.78. The highest BCUT2D eigenvalue weighted by Crippen LogP contribution is 2.13. The third kappa shape index (κ3) is 6.72. The summed E-state index contributed by atoms with van der Waals surface area (Å²) in [7, 11) is 1.55. The van der Waals surface area contributed by atoms with Crippen molar-refractivity contribution >= 4 is 17.7 Å². The summed E-state index contributed by atoms with van der Waals surface area (Å²) in [4.78, 5) is 11.0. The average Bonchev–Trinajstić information content (AvgIpc) is 2.19. The Bertz CT molecular complexity index is 179. The number of aliphatic hydroxyl groups is 1. The number of thioether (sulfide) groups is 1. The molecule has 15 heavy (non-hydrogen) atoms. The number of hydrogen-bond donors (Lipinski definition) is 2. The van der Waals surface area contributed by atoms with E-state index in [1.807, 2.05) is 0 Å². The Kier molecular flexibility index (Phi) is 8.79. The Morgan fingerprint density at radius 2 is 2.27 bits per heavy atom. The molecule has 90 valence electrons. The minimum atomic E-state index is -0.287. The highest BCUT2D eigenvalue weighted by atomic mass is 32.2. The molecule has 0 aromatic heterocycles. The van der Waals surface area contributed by atoms with Gasteiger partial charge in [0.05, 0.1) is 25.6 Å². The quantitative estimate of drug-likeness (QED) is 0.560. The van der Waals surface area contributed by atoms with Crippen LogP contribution >= 0.6 is 11.8 Å². The van der Waals surface area contributed by atoms with Crippen LogP contribution < -0.4 is 5.73 Å². The van der Waals surface area contributed by atoms with Gasteiger partial charge in [-0.15, -0.1) is 11.8 Å². The van der Waals surface area contributed by atoms with Gasteiger partial charge >= 0.3 is 5.97 Å². The molecule has 0 aliphatic rings. The van der Waals surface area contributed by atoms with Gasteiger partial charge in [0, 0.05) is 18.4 Å². The maximum absolute atomic E-state index is 11.0. The molecule has 3 N–H and O–H groups in total. The minimum Gasteiger partial charge on any atom is -0.465 e. The van der Waals surface area contributed by atoms with Gasteiger partial charge in [-0.3, -0.25) is 4.79 Å². The largest absolute Gasteiger partial charge is 0.465 e. The number of esters is 1. The molecule has 0 aromatic rings. The summed E-state index contributed by atoms with van der Waals surface area (Å²) in [6.07, 6.45) is 0. The Hall–Kier alpha value is -0.300. The Morgan fingerprint density at radius 1 is 1.60 bits per heavy atom. The molecule has 0 heterocycles. The van der Waals surface area contributed by atoms with Gasteiger partial charge in [0.1, 0.15) is 0 Å². The molecule has 0 amide bonds. The smallest absolute Gasteiger partial charge is 0.315 e. The van der Waals surface area contributed by atoms with E-state index in [0.717, 1.165) is 0 Å². The Labute approximate surface area is 94.3 Å². The van der Waals surface area contributed by atoms with Gasteiger partial charge in [0.25, 0.3) is 0 Å². The minimum absolute atomic E-state index is 0.0748. The molecule has 5 nitrogen and oxygen atoms in total. The van der Waals surface area contributed by atoms with Crippen LogP contribution in [-0.4, -0.2) is 55.1 Å². The number of rotatable bonds is 8. The van der Waals surface area contributed by atoms with Crippen LogP contribution in [0.15, 0.2) is 0 Å². The second-order valence-corrected chi connectivity index (χ2v) is 4.18. The first-order valence-corrected chi connectivity index (χ1v) is 5.83. The van der Waals surface area contributed by atoms with Crippen molar-refractivity contribution in [2.45, 2.75) is 18.2 Å². The predicted molar refractivity (Wildman–Crippen MR) is 59.8 cm³/mol. The van der Waals surface area contributed by atoms with Crippen molar-refractivity contribution in [3.8, 4) is 0 Å². The summed E-state index contributed by atoms with van der Waals surface area (Å²) in [5.41, 5.74) is 5.74. The van der Waals surface area contributed by atoms with E-state index in [1.54, 1.807) is 14.0 Å². The van der Waals surface area contributed by atoms with Gasteiger partial charge in [-0.2, -0.15) is 0 Å². The second kappa shape index (κ2) is 8.96. The zero-order chi connectivity index (χ0) is 11.7. The van der Waals surface area contributed by atoms with Crippen molar-refractivity contribution in [3.05, 3.63) is 0 Å². The average molecular weight is 237 g/mol. The molecule has 0 radical (unpaired) electrons. The van der Waals surface area contributed by atoms with E-state index in [1.165, 1.54) is 11.8 Å². The van der Waals surface area contributed by atoms with Crippen LogP contribution in [0.1, 0.15) is 6.92 Å². The lowest BCUT2D eigenvalue weighted by molar-refractivity contribution is -0.139. The topological polar surface area (TPSA) is 81.8 Å². The van der Waals surface area contributed by atoms with Crippen LogP contribution in [0.5, 0.6) is 0 Å². The van der Waals surface area contributed by atoms with Crippen molar-refractivity contribution in [1.82, 2.24) is 0 Å². The van der Waals surface area contributed by atoms with Crippen molar-refractivity contribution in [2.24, 2.45) is 5.73 Å². The van der Waals surface area contributed by atoms with Gasteiger partial charge in [-0.1, -0.05) is 0 Å². The summed E-state index contributed by atoms with van der Waals surface area (Å²) in [6.45, 7) is 2.41. The molecule has 6 heteroatoms. The lowest BCUT2D eigenvalue weighted by atomic mass is 10.2. The monoisotopic (exact) mass is 237 g/mol. The fourth-order valence-corrected chi connectivity index (χ4v) is 1.85. The van der Waals surface area contributed by atoms with E-state index >= 15 is 0 Å². The molecule has 0 aliphatic carbocycles. The van der Waals surface area contributed by atoms with E-state index in [2.05, 4.69) is 0 Å². The van der Waals surface area contributed by atoms with Gasteiger partial charge in [0.15, 0.2) is 0 Å². The summed E-state index contributed by atoms with van der Waals surface area (Å²) in [5, 5.41) is 8.86. The molecule has 0 saturated carbocycles. The third-order valence-electron chi connectivity index (χ3n) is 1.74. The summed E-state index contributed by atoms with van der Waals surface area (Å²) >= 11 is 1.29. The van der Waals surface area contributed by atoms with Gasteiger partial charge in [-0.25, -0.2) is 0 Å². The number of methoxy groups -OCH3 is 1.